The summed E-state index contributed by atoms with van der Waals surface area (Å²) >= 11 is 0. The van der Waals surface area contributed by atoms with Crippen LogP contribution >= 0.6 is 0 Å². The number of nitrogens with zero attached hydrogens (tertiary/aromatic N) is 1. The zero-order valence-corrected chi connectivity index (χ0v) is 9.90. The molecular weight excluding hydrogens is 191 g/mol. The first kappa shape index (κ1) is 12.1. The third-order valence-electron chi connectivity index (χ3n) is 1.31. The van der Waals surface area contributed by atoms with E-state index in [-0.39, 0.29) is 45.8 Å². The maximum Gasteiger partial charge on any atom is 1.00 e. The fraction of sp³-hybridized carbons (Fsp3) is 0.400. The third kappa shape index (κ3) is 2.30. The van der Waals surface area contributed by atoms with E-state index < -0.39 is 10.1 Å². The second-order valence-corrected chi connectivity index (χ2v) is 3.53. The SMILES string of the molecule is Cc1n[nH]c(C)c1S(=O)(=O)[O-].[Na+]. The predicted molar refractivity (Wildman–Crippen MR) is 36.0 cm³/mol. The molecule has 0 aliphatic carbocycles. The van der Waals surface area contributed by atoms with Gasteiger partial charge in [-0.25, -0.2) is 8.42 Å². The van der Waals surface area contributed by atoms with Gasteiger partial charge in [0.1, 0.15) is 10.1 Å². The van der Waals surface area contributed by atoms with Crippen molar-refractivity contribution >= 4 is 10.1 Å². The van der Waals surface area contributed by atoms with Gasteiger partial charge in [0.2, 0.25) is 0 Å². The van der Waals surface area contributed by atoms with Crippen molar-refractivity contribution in [2.45, 2.75) is 18.7 Å². The quantitative estimate of drug-likeness (QED) is 0.383. The Morgan fingerprint density at radius 3 is 2.08 bits per heavy atom. The number of hydrogen-bond donors (Lipinski definition) is 1. The van der Waals surface area contributed by atoms with Gasteiger partial charge in [0.15, 0.2) is 0 Å². The second kappa shape index (κ2) is 3.89. The van der Waals surface area contributed by atoms with Crippen molar-refractivity contribution in [2.24, 2.45) is 0 Å². The minimum Gasteiger partial charge on any atom is -0.744 e. The van der Waals surface area contributed by atoms with Crippen molar-refractivity contribution in [3.05, 3.63) is 11.4 Å². The number of rotatable bonds is 1. The number of hydrogen-bond acceptors (Lipinski definition) is 4. The molecule has 1 aromatic heterocycles. The fourth-order valence-electron chi connectivity index (χ4n) is 0.909. The summed E-state index contributed by atoms with van der Waals surface area (Å²) < 4.78 is 31.6. The van der Waals surface area contributed by atoms with Gasteiger partial charge in [0.25, 0.3) is 0 Å². The van der Waals surface area contributed by atoms with Crippen molar-refractivity contribution in [1.82, 2.24) is 10.2 Å². The molecule has 0 aromatic carbocycles. The van der Waals surface area contributed by atoms with Gasteiger partial charge in [0, 0.05) is 5.69 Å². The maximum atomic E-state index is 10.5. The zero-order valence-electron chi connectivity index (χ0n) is 7.08. The van der Waals surface area contributed by atoms with Crippen LogP contribution in [0.2, 0.25) is 0 Å². The van der Waals surface area contributed by atoms with Crippen LogP contribution in [0.15, 0.2) is 4.90 Å². The summed E-state index contributed by atoms with van der Waals surface area (Å²) in [6.07, 6.45) is 0. The minimum atomic E-state index is -4.36. The predicted octanol–water partition coefficient (Wildman–Crippen LogP) is -3.07. The summed E-state index contributed by atoms with van der Waals surface area (Å²) in [5.74, 6) is 0. The standard InChI is InChI=1S/C5H8N2O3S.Na/c1-3-5(11(8,9)10)4(2)7-6-3;/h1-2H3,(H,6,7)(H,8,9,10);/q;+1/p-1. The molecule has 0 aliphatic heterocycles. The van der Waals surface area contributed by atoms with Crippen LogP contribution in [0.3, 0.4) is 0 Å². The molecule has 1 aromatic rings. The molecule has 0 bridgehead atoms. The second-order valence-electron chi connectivity index (χ2n) is 2.22. The summed E-state index contributed by atoms with van der Waals surface area (Å²) in [5, 5.41) is 5.99. The fourth-order valence-corrected chi connectivity index (χ4v) is 1.74. The first-order valence-corrected chi connectivity index (χ1v) is 4.31. The third-order valence-corrected chi connectivity index (χ3v) is 2.41. The van der Waals surface area contributed by atoms with E-state index in [4.69, 9.17) is 0 Å². The van der Waals surface area contributed by atoms with Crippen LogP contribution in [0, 0.1) is 13.8 Å². The smallest absolute Gasteiger partial charge is 0.744 e. The van der Waals surface area contributed by atoms with Crippen molar-refractivity contribution in [3.8, 4) is 0 Å². The Kier molecular flexibility index (Phi) is 3.92. The number of H-pyrrole nitrogens is 1. The van der Waals surface area contributed by atoms with Gasteiger partial charge in [0.05, 0.1) is 10.6 Å². The molecule has 1 heterocycles. The van der Waals surface area contributed by atoms with Crippen LogP contribution in [0.25, 0.3) is 0 Å². The Balaban J connectivity index is 0.00000121. The number of aromatic amines is 1. The monoisotopic (exact) mass is 198 g/mol. The van der Waals surface area contributed by atoms with Crippen LogP contribution in [0.5, 0.6) is 0 Å². The average molecular weight is 198 g/mol. The summed E-state index contributed by atoms with van der Waals surface area (Å²) in [7, 11) is -4.36. The molecule has 0 fully saturated rings. The van der Waals surface area contributed by atoms with E-state index in [9.17, 15) is 13.0 Å². The number of aryl methyl sites for hydroxylation is 2. The first-order valence-electron chi connectivity index (χ1n) is 2.90. The molecule has 0 radical (unpaired) electrons. The van der Waals surface area contributed by atoms with E-state index in [1.807, 2.05) is 0 Å². The Morgan fingerprint density at radius 1 is 1.42 bits per heavy atom. The minimum absolute atomic E-state index is 0. The van der Waals surface area contributed by atoms with Gasteiger partial charge >= 0.3 is 29.6 Å². The molecule has 0 amide bonds. The molecule has 1 rings (SSSR count). The van der Waals surface area contributed by atoms with E-state index in [1.54, 1.807) is 0 Å². The molecule has 0 spiro atoms. The Hall–Kier alpha value is 0.120. The summed E-state index contributed by atoms with van der Waals surface area (Å²) in [4.78, 5) is -0.238. The first-order chi connectivity index (χ1) is 4.93. The Labute approximate surface area is 92.6 Å². The van der Waals surface area contributed by atoms with E-state index in [2.05, 4.69) is 10.2 Å². The van der Waals surface area contributed by atoms with E-state index >= 15 is 0 Å². The average Bonchev–Trinajstić information content (AvgIpc) is 2.08. The molecule has 12 heavy (non-hydrogen) atoms. The van der Waals surface area contributed by atoms with E-state index in [0.717, 1.165) is 0 Å². The van der Waals surface area contributed by atoms with Gasteiger partial charge < -0.3 is 4.55 Å². The van der Waals surface area contributed by atoms with Gasteiger partial charge in [-0.3, -0.25) is 5.10 Å². The van der Waals surface area contributed by atoms with Crippen LogP contribution < -0.4 is 29.6 Å². The van der Waals surface area contributed by atoms with E-state index in [0.29, 0.717) is 0 Å². The summed E-state index contributed by atoms with van der Waals surface area (Å²) in [5.41, 5.74) is 0.509. The summed E-state index contributed by atoms with van der Waals surface area (Å²) in [6.45, 7) is 2.96. The van der Waals surface area contributed by atoms with Crippen molar-refractivity contribution in [3.63, 3.8) is 0 Å². The van der Waals surface area contributed by atoms with Gasteiger partial charge in [-0.2, -0.15) is 5.10 Å². The van der Waals surface area contributed by atoms with Crippen LogP contribution in [-0.4, -0.2) is 23.2 Å². The van der Waals surface area contributed by atoms with Crippen molar-refractivity contribution in [2.75, 3.05) is 0 Å². The molecular formula is C5H7N2NaO3S. The molecule has 7 heteroatoms. The molecule has 0 unspecified atom stereocenters. The normalized spacial score (nSPS) is 10.9. The van der Waals surface area contributed by atoms with Crippen LogP contribution in [0.4, 0.5) is 0 Å². The van der Waals surface area contributed by atoms with Gasteiger partial charge in [-0.15, -0.1) is 0 Å². The molecule has 5 nitrogen and oxygen atoms in total. The Morgan fingerprint density at radius 2 is 1.92 bits per heavy atom. The Bertz CT molecular complexity index is 351. The molecule has 0 saturated carbocycles. The summed E-state index contributed by atoms with van der Waals surface area (Å²) in [6, 6.07) is 0. The maximum absolute atomic E-state index is 10.5. The van der Waals surface area contributed by atoms with Gasteiger partial charge in [-0.1, -0.05) is 0 Å². The molecule has 0 atom stereocenters. The molecule has 1 N–H and O–H groups in total. The largest absolute Gasteiger partial charge is 1.00 e. The molecule has 0 saturated heterocycles. The van der Waals surface area contributed by atoms with E-state index in [1.165, 1.54) is 13.8 Å². The van der Waals surface area contributed by atoms with Crippen molar-refractivity contribution < 1.29 is 42.5 Å². The van der Waals surface area contributed by atoms with Gasteiger partial charge in [-0.05, 0) is 13.8 Å². The zero-order chi connectivity index (χ0) is 8.65. The topological polar surface area (TPSA) is 85.9 Å². The molecule has 62 valence electrons. The van der Waals surface area contributed by atoms with Crippen molar-refractivity contribution in [1.29, 1.82) is 0 Å². The number of aromatic nitrogens is 2. The van der Waals surface area contributed by atoms with Crippen LogP contribution in [-0.2, 0) is 10.1 Å². The number of nitrogens with one attached hydrogen (secondary N) is 1. The van der Waals surface area contributed by atoms with Crippen LogP contribution in [0.1, 0.15) is 11.4 Å². The molecule has 0 aliphatic rings.